The summed E-state index contributed by atoms with van der Waals surface area (Å²) in [5.41, 5.74) is 3.43. The maximum atomic E-state index is 13.1. The van der Waals surface area contributed by atoms with Crippen molar-refractivity contribution in [2.24, 2.45) is 0 Å². The van der Waals surface area contributed by atoms with E-state index < -0.39 is 10.0 Å². The predicted molar refractivity (Wildman–Crippen MR) is 110 cm³/mol. The third kappa shape index (κ3) is 4.50. The lowest BCUT2D eigenvalue weighted by molar-refractivity contribution is 0.134. The molecular formula is C21H24N2O5S. The number of rotatable bonds is 8. The van der Waals surface area contributed by atoms with E-state index in [1.807, 2.05) is 13.0 Å². The standard InChI is InChI=1S/C21H24N2O5S/c1-4-27-13-17-11-16(12-24)9-10-18(17)19-7-5-6-8-20(19)29(25,26)23-21-14(2)15(3)28-22-21/h5-11,24H,4,12-13H2,1-3H3,(H,22,23). The van der Waals surface area contributed by atoms with E-state index in [1.165, 1.54) is 0 Å². The van der Waals surface area contributed by atoms with E-state index in [2.05, 4.69) is 9.88 Å². The summed E-state index contributed by atoms with van der Waals surface area (Å²) in [7, 11) is -3.92. The molecule has 0 saturated heterocycles. The van der Waals surface area contributed by atoms with Gasteiger partial charge < -0.3 is 14.4 Å². The van der Waals surface area contributed by atoms with Crippen molar-refractivity contribution in [1.29, 1.82) is 0 Å². The smallest absolute Gasteiger partial charge is 0.263 e. The van der Waals surface area contributed by atoms with Crippen molar-refractivity contribution in [3.8, 4) is 11.1 Å². The molecule has 0 saturated carbocycles. The highest BCUT2D eigenvalue weighted by Crippen LogP contribution is 2.32. The number of anilines is 1. The van der Waals surface area contributed by atoms with Gasteiger partial charge in [0.05, 0.1) is 18.1 Å². The SMILES string of the molecule is CCOCc1cc(CO)ccc1-c1ccccc1S(=O)(=O)Nc1noc(C)c1C. The topological polar surface area (TPSA) is 102 Å². The molecule has 0 spiro atoms. The van der Waals surface area contributed by atoms with Crippen LogP contribution in [0.1, 0.15) is 29.4 Å². The molecule has 154 valence electrons. The zero-order valence-corrected chi connectivity index (χ0v) is 17.4. The number of benzene rings is 2. The fourth-order valence-corrected chi connectivity index (χ4v) is 4.24. The third-order valence-electron chi connectivity index (χ3n) is 4.67. The van der Waals surface area contributed by atoms with Gasteiger partial charge in [0.25, 0.3) is 10.0 Å². The highest BCUT2D eigenvalue weighted by atomic mass is 32.2. The lowest BCUT2D eigenvalue weighted by Crippen LogP contribution is -2.15. The maximum absolute atomic E-state index is 13.1. The molecule has 3 rings (SSSR count). The number of ether oxygens (including phenoxy) is 1. The van der Waals surface area contributed by atoms with E-state index in [0.29, 0.717) is 30.1 Å². The second-order valence-corrected chi connectivity index (χ2v) is 8.25. The average molecular weight is 416 g/mol. The van der Waals surface area contributed by atoms with Crippen LogP contribution in [0.25, 0.3) is 11.1 Å². The molecule has 2 N–H and O–H groups in total. The summed E-state index contributed by atoms with van der Waals surface area (Å²) in [5, 5.41) is 13.3. The molecule has 2 aromatic carbocycles. The summed E-state index contributed by atoms with van der Waals surface area (Å²) in [6.07, 6.45) is 0. The molecule has 0 fully saturated rings. The first-order chi connectivity index (χ1) is 13.9. The van der Waals surface area contributed by atoms with E-state index in [4.69, 9.17) is 9.26 Å². The minimum absolute atomic E-state index is 0.105. The molecule has 0 amide bonds. The van der Waals surface area contributed by atoms with E-state index >= 15 is 0 Å². The number of aromatic nitrogens is 1. The molecule has 0 radical (unpaired) electrons. The van der Waals surface area contributed by atoms with Crippen LogP contribution in [0.2, 0.25) is 0 Å². The Kier molecular flexibility index (Phi) is 6.36. The number of aryl methyl sites for hydroxylation is 1. The van der Waals surface area contributed by atoms with Crippen LogP contribution in [0.5, 0.6) is 0 Å². The van der Waals surface area contributed by atoms with Crippen LogP contribution >= 0.6 is 0 Å². The molecule has 0 aliphatic heterocycles. The van der Waals surface area contributed by atoms with Crippen LogP contribution in [0.3, 0.4) is 0 Å². The van der Waals surface area contributed by atoms with Gasteiger partial charge in [-0.3, -0.25) is 4.72 Å². The Morgan fingerprint density at radius 2 is 1.90 bits per heavy atom. The van der Waals surface area contributed by atoms with Crippen molar-refractivity contribution in [2.75, 3.05) is 11.3 Å². The fourth-order valence-electron chi connectivity index (χ4n) is 2.96. The fraction of sp³-hybridized carbons (Fsp3) is 0.286. The first kappa shape index (κ1) is 21.0. The van der Waals surface area contributed by atoms with Gasteiger partial charge in [-0.15, -0.1) is 0 Å². The van der Waals surface area contributed by atoms with E-state index in [1.54, 1.807) is 50.2 Å². The number of sulfonamides is 1. The quantitative estimate of drug-likeness (QED) is 0.579. The van der Waals surface area contributed by atoms with Crippen molar-refractivity contribution >= 4 is 15.8 Å². The lowest BCUT2D eigenvalue weighted by atomic mass is 9.98. The second-order valence-electron chi connectivity index (χ2n) is 6.60. The van der Waals surface area contributed by atoms with Crippen molar-refractivity contribution in [1.82, 2.24) is 5.16 Å². The minimum Gasteiger partial charge on any atom is -0.392 e. The number of hydrogen-bond donors (Lipinski definition) is 2. The summed E-state index contributed by atoms with van der Waals surface area (Å²) < 4.78 is 39.4. The summed E-state index contributed by atoms with van der Waals surface area (Å²) >= 11 is 0. The van der Waals surface area contributed by atoms with Crippen molar-refractivity contribution < 1.29 is 22.8 Å². The Labute approximate surface area is 170 Å². The van der Waals surface area contributed by atoms with Crippen molar-refractivity contribution in [2.45, 2.75) is 38.9 Å². The second kappa shape index (κ2) is 8.77. The normalized spacial score (nSPS) is 11.6. The largest absolute Gasteiger partial charge is 0.392 e. The van der Waals surface area contributed by atoms with Gasteiger partial charge in [0, 0.05) is 17.7 Å². The highest BCUT2D eigenvalue weighted by molar-refractivity contribution is 7.92. The van der Waals surface area contributed by atoms with Gasteiger partial charge in [0.15, 0.2) is 5.82 Å². The zero-order chi connectivity index (χ0) is 21.0. The van der Waals surface area contributed by atoms with Crippen LogP contribution in [0, 0.1) is 13.8 Å². The van der Waals surface area contributed by atoms with Gasteiger partial charge >= 0.3 is 0 Å². The molecule has 1 heterocycles. The number of aliphatic hydroxyl groups is 1. The third-order valence-corrected chi connectivity index (χ3v) is 6.07. The Bertz CT molecular complexity index is 1110. The van der Waals surface area contributed by atoms with E-state index in [-0.39, 0.29) is 17.3 Å². The summed E-state index contributed by atoms with van der Waals surface area (Å²) in [4.78, 5) is 0.120. The predicted octanol–water partition coefficient (Wildman–Crippen LogP) is 3.79. The number of nitrogens with zero attached hydrogens (tertiary/aromatic N) is 1. The first-order valence-corrected chi connectivity index (χ1v) is 10.7. The average Bonchev–Trinajstić information content (AvgIpc) is 3.03. The van der Waals surface area contributed by atoms with E-state index in [9.17, 15) is 13.5 Å². The Morgan fingerprint density at radius 1 is 1.14 bits per heavy atom. The van der Waals surface area contributed by atoms with Crippen LogP contribution < -0.4 is 4.72 Å². The molecular weight excluding hydrogens is 392 g/mol. The zero-order valence-electron chi connectivity index (χ0n) is 16.6. The number of nitrogens with one attached hydrogen (secondary N) is 1. The molecule has 0 unspecified atom stereocenters. The summed E-state index contributed by atoms with van der Waals surface area (Å²) in [5.74, 6) is 0.719. The molecule has 0 aliphatic carbocycles. The Hall–Kier alpha value is -2.68. The molecule has 8 heteroatoms. The van der Waals surface area contributed by atoms with Crippen LogP contribution in [-0.2, 0) is 28.0 Å². The van der Waals surface area contributed by atoms with E-state index in [0.717, 1.165) is 16.7 Å². The van der Waals surface area contributed by atoms with Gasteiger partial charge in [-0.25, -0.2) is 8.42 Å². The maximum Gasteiger partial charge on any atom is 0.263 e. The molecule has 29 heavy (non-hydrogen) atoms. The molecule has 7 nitrogen and oxygen atoms in total. The van der Waals surface area contributed by atoms with Gasteiger partial charge in [0.1, 0.15) is 5.76 Å². The van der Waals surface area contributed by atoms with Crippen LogP contribution in [-0.4, -0.2) is 25.3 Å². The monoisotopic (exact) mass is 416 g/mol. The highest BCUT2D eigenvalue weighted by Gasteiger charge is 2.23. The molecule has 0 aliphatic rings. The summed E-state index contributed by atoms with van der Waals surface area (Å²) in [6.45, 7) is 6.07. The van der Waals surface area contributed by atoms with Gasteiger partial charge in [-0.2, -0.15) is 0 Å². The number of hydrogen-bond acceptors (Lipinski definition) is 6. The molecule has 0 bridgehead atoms. The first-order valence-electron chi connectivity index (χ1n) is 9.23. The lowest BCUT2D eigenvalue weighted by Gasteiger charge is -2.16. The minimum atomic E-state index is -3.92. The molecule has 0 atom stereocenters. The van der Waals surface area contributed by atoms with Gasteiger partial charge in [0.2, 0.25) is 0 Å². The number of aliphatic hydroxyl groups excluding tert-OH is 1. The van der Waals surface area contributed by atoms with Gasteiger partial charge in [-0.05, 0) is 43.5 Å². The molecule has 1 aromatic heterocycles. The Balaban J connectivity index is 2.08. The van der Waals surface area contributed by atoms with Crippen molar-refractivity contribution in [3.05, 3.63) is 64.9 Å². The van der Waals surface area contributed by atoms with Gasteiger partial charge in [-0.1, -0.05) is 41.6 Å². The Morgan fingerprint density at radius 3 is 2.55 bits per heavy atom. The van der Waals surface area contributed by atoms with Crippen molar-refractivity contribution in [3.63, 3.8) is 0 Å². The van der Waals surface area contributed by atoms with Crippen LogP contribution in [0.15, 0.2) is 51.9 Å². The molecule has 3 aromatic rings. The summed E-state index contributed by atoms with van der Waals surface area (Å²) in [6, 6.07) is 12.1. The van der Waals surface area contributed by atoms with Crippen LogP contribution in [0.4, 0.5) is 5.82 Å².